The number of carbonyl (C=O) groups excluding carboxylic acids is 3. The van der Waals surface area contributed by atoms with E-state index in [9.17, 15) is 34.5 Å². The standard InChI is InChI=1S/C61H112O12/c1-4-7-10-13-16-19-22-25-27-30-32-35-38-41-44-47-53(62)69-50-52(71-54(63)48-45-42-39-36-33-29-24-21-18-15-12-9-6-3)51-70-61-59(57(66)56(65)58(73-61)60(67)68)72-55(64)49-46-43-40-37-34-31-28-26-23-20-17-14-11-8-5-2/h21,24,52,56-59,61,65-66H,4-20,22-23,25-51H2,1-3H3,(H,67,68)/b24-21-. The Labute approximate surface area is 446 Å². The highest BCUT2D eigenvalue weighted by Crippen LogP contribution is 2.27. The number of hydrogen-bond donors (Lipinski definition) is 3. The van der Waals surface area contributed by atoms with E-state index in [0.29, 0.717) is 19.3 Å². The van der Waals surface area contributed by atoms with Gasteiger partial charge in [0.2, 0.25) is 0 Å². The Balaban J connectivity index is 2.66. The number of unbranched alkanes of at least 4 members (excludes halogenated alkanes) is 37. The van der Waals surface area contributed by atoms with Crippen molar-refractivity contribution < 1.29 is 58.2 Å². The van der Waals surface area contributed by atoms with Crippen molar-refractivity contribution in [3.05, 3.63) is 12.2 Å². The maximum Gasteiger partial charge on any atom is 0.335 e. The molecule has 0 bridgehead atoms. The molecule has 1 saturated heterocycles. The number of carboxylic acid groups (broad SMARTS) is 1. The summed E-state index contributed by atoms with van der Waals surface area (Å²) >= 11 is 0. The van der Waals surface area contributed by atoms with Gasteiger partial charge in [0.1, 0.15) is 18.8 Å². The highest BCUT2D eigenvalue weighted by atomic mass is 16.7. The first kappa shape index (κ1) is 68.5. The Morgan fingerprint density at radius 1 is 0.438 bits per heavy atom. The largest absolute Gasteiger partial charge is 0.479 e. The molecule has 6 unspecified atom stereocenters. The second-order valence-corrected chi connectivity index (χ2v) is 21.4. The molecule has 1 aliphatic heterocycles. The third-order valence-electron chi connectivity index (χ3n) is 14.3. The lowest BCUT2D eigenvalue weighted by Gasteiger charge is -2.40. The Hall–Kier alpha value is -2.54. The van der Waals surface area contributed by atoms with Crippen molar-refractivity contribution in [2.75, 3.05) is 13.2 Å². The number of aliphatic hydroxyl groups excluding tert-OH is 2. The SMILES string of the molecule is CCCCCC/C=C\CCCCCCCC(=O)OC(COC(=O)CCCCCCCCCCCCCCCCC)COC1OC(C(=O)O)C(O)C(O)C1OC(=O)CCCCCCCCCCCCCCCCC. The van der Waals surface area contributed by atoms with Crippen LogP contribution in [0.1, 0.15) is 303 Å². The molecule has 73 heavy (non-hydrogen) atoms. The van der Waals surface area contributed by atoms with Crippen molar-refractivity contribution in [1.82, 2.24) is 0 Å². The number of aliphatic hydroxyl groups is 2. The second-order valence-electron chi connectivity index (χ2n) is 21.4. The topological polar surface area (TPSA) is 175 Å². The Kier molecular flexibility index (Phi) is 47.2. The fraction of sp³-hybridized carbons (Fsp3) is 0.902. The predicted molar refractivity (Wildman–Crippen MR) is 294 cm³/mol. The van der Waals surface area contributed by atoms with E-state index in [4.69, 9.17) is 23.7 Å². The number of carboxylic acids is 1. The predicted octanol–water partition coefficient (Wildman–Crippen LogP) is 15.7. The molecule has 6 atom stereocenters. The number of rotatable bonds is 53. The number of allylic oxidation sites excluding steroid dienone is 2. The van der Waals surface area contributed by atoms with Crippen molar-refractivity contribution in [2.45, 2.75) is 340 Å². The second kappa shape index (κ2) is 50.3. The summed E-state index contributed by atoms with van der Waals surface area (Å²) in [4.78, 5) is 51.1. The number of esters is 3. The zero-order valence-corrected chi connectivity index (χ0v) is 47.2. The lowest BCUT2D eigenvalue weighted by molar-refractivity contribution is -0.301. The molecule has 0 saturated carbocycles. The van der Waals surface area contributed by atoms with Crippen LogP contribution in [0.2, 0.25) is 0 Å². The summed E-state index contributed by atoms with van der Waals surface area (Å²) < 4.78 is 28.5. The van der Waals surface area contributed by atoms with E-state index < -0.39 is 67.3 Å². The van der Waals surface area contributed by atoms with Gasteiger partial charge in [0.15, 0.2) is 24.6 Å². The molecule has 3 N–H and O–H groups in total. The quantitative estimate of drug-likeness (QED) is 0.0228. The Morgan fingerprint density at radius 2 is 0.781 bits per heavy atom. The molecule has 12 nitrogen and oxygen atoms in total. The molecule has 1 aliphatic rings. The molecule has 1 rings (SSSR count). The van der Waals surface area contributed by atoms with Crippen molar-refractivity contribution in [3.63, 3.8) is 0 Å². The molecular weight excluding hydrogens is 925 g/mol. The summed E-state index contributed by atoms with van der Waals surface area (Å²) in [6.45, 7) is 6.01. The Bertz CT molecular complexity index is 1320. The molecule has 1 heterocycles. The molecule has 0 spiro atoms. The Morgan fingerprint density at radius 3 is 1.18 bits per heavy atom. The molecular formula is C61H112O12. The van der Waals surface area contributed by atoms with E-state index in [1.165, 1.54) is 167 Å². The minimum atomic E-state index is -1.90. The first-order valence-electron chi connectivity index (χ1n) is 30.7. The summed E-state index contributed by atoms with van der Waals surface area (Å²) in [6, 6.07) is 0. The molecule has 0 amide bonds. The van der Waals surface area contributed by atoms with Crippen molar-refractivity contribution in [1.29, 1.82) is 0 Å². The van der Waals surface area contributed by atoms with Gasteiger partial charge in [-0.2, -0.15) is 0 Å². The van der Waals surface area contributed by atoms with Crippen LogP contribution in [-0.4, -0.2) is 89.2 Å². The first-order chi connectivity index (χ1) is 35.6. The van der Waals surface area contributed by atoms with E-state index >= 15 is 0 Å². The van der Waals surface area contributed by atoms with Gasteiger partial charge in [-0.1, -0.05) is 251 Å². The first-order valence-corrected chi connectivity index (χ1v) is 30.7. The lowest BCUT2D eigenvalue weighted by atomic mass is 9.98. The maximum absolute atomic E-state index is 13.1. The third kappa shape index (κ3) is 40.4. The van der Waals surface area contributed by atoms with Gasteiger partial charge in [-0.15, -0.1) is 0 Å². The molecule has 0 aromatic carbocycles. The van der Waals surface area contributed by atoms with Crippen LogP contribution in [0, 0.1) is 0 Å². The highest BCUT2D eigenvalue weighted by Gasteiger charge is 2.50. The number of ether oxygens (including phenoxy) is 5. The fourth-order valence-corrected chi connectivity index (χ4v) is 9.60. The number of carbonyl (C=O) groups is 4. The molecule has 428 valence electrons. The summed E-state index contributed by atoms with van der Waals surface area (Å²) in [5, 5.41) is 31.5. The zero-order valence-electron chi connectivity index (χ0n) is 47.2. The van der Waals surface area contributed by atoms with E-state index in [1.807, 2.05) is 0 Å². The van der Waals surface area contributed by atoms with Gasteiger partial charge in [-0.05, 0) is 44.9 Å². The van der Waals surface area contributed by atoms with Crippen LogP contribution in [0.3, 0.4) is 0 Å². The summed E-state index contributed by atoms with van der Waals surface area (Å²) in [7, 11) is 0. The highest BCUT2D eigenvalue weighted by molar-refractivity contribution is 5.74. The van der Waals surface area contributed by atoms with Crippen molar-refractivity contribution in [3.8, 4) is 0 Å². The summed E-state index contributed by atoms with van der Waals surface area (Å²) in [5.41, 5.74) is 0. The van der Waals surface area contributed by atoms with E-state index in [1.54, 1.807) is 0 Å². The van der Waals surface area contributed by atoms with Crippen LogP contribution in [0.15, 0.2) is 12.2 Å². The average molecular weight is 1040 g/mol. The smallest absolute Gasteiger partial charge is 0.335 e. The van der Waals surface area contributed by atoms with Gasteiger partial charge in [0, 0.05) is 19.3 Å². The third-order valence-corrected chi connectivity index (χ3v) is 14.3. The van der Waals surface area contributed by atoms with Crippen LogP contribution >= 0.6 is 0 Å². The minimum Gasteiger partial charge on any atom is -0.479 e. The molecule has 0 aromatic rings. The van der Waals surface area contributed by atoms with Crippen LogP contribution in [0.5, 0.6) is 0 Å². The van der Waals surface area contributed by atoms with Crippen molar-refractivity contribution >= 4 is 23.9 Å². The average Bonchev–Trinajstić information content (AvgIpc) is 3.37. The van der Waals surface area contributed by atoms with Crippen molar-refractivity contribution in [2.24, 2.45) is 0 Å². The van der Waals surface area contributed by atoms with Gasteiger partial charge >= 0.3 is 23.9 Å². The van der Waals surface area contributed by atoms with Crippen LogP contribution in [0.25, 0.3) is 0 Å². The maximum atomic E-state index is 13.1. The van der Waals surface area contributed by atoms with E-state index in [2.05, 4.69) is 32.9 Å². The number of hydrogen-bond acceptors (Lipinski definition) is 11. The van der Waals surface area contributed by atoms with E-state index in [0.717, 1.165) is 77.0 Å². The molecule has 0 aliphatic carbocycles. The van der Waals surface area contributed by atoms with E-state index in [-0.39, 0.29) is 25.9 Å². The lowest BCUT2D eigenvalue weighted by Crippen LogP contribution is -2.61. The van der Waals surface area contributed by atoms with Gasteiger partial charge in [0.05, 0.1) is 6.61 Å². The minimum absolute atomic E-state index is 0.0679. The molecule has 0 aromatic heterocycles. The number of aliphatic carboxylic acids is 1. The normalized spacial score (nSPS) is 18.3. The van der Waals surface area contributed by atoms with Gasteiger partial charge in [-0.25, -0.2) is 4.79 Å². The van der Waals surface area contributed by atoms with Crippen LogP contribution in [-0.2, 0) is 42.9 Å². The monoisotopic (exact) mass is 1040 g/mol. The van der Waals surface area contributed by atoms with Gasteiger partial charge in [-0.3, -0.25) is 14.4 Å². The summed E-state index contributed by atoms with van der Waals surface area (Å²) in [5.74, 6) is -3.09. The molecule has 1 fully saturated rings. The van der Waals surface area contributed by atoms with Gasteiger partial charge in [0.25, 0.3) is 0 Å². The fourth-order valence-electron chi connectivity index (χ4n) is 9.60. The summed E-state index contributed by atoms with van der Waals surface area (Å²) in [6.07, 6.45) is 43.2. The zero-order chi connectivity index (χ0) is 53.3. The van der Waals surface area contributed by atoms with Gasteiger partial charge < -0.3 is 39.0 Å². The van der Waals surface area contributed by atoms with Crippen LogP contribution < -0.4 is 0 Å². The van der Waals surface area contributed by atoms with Crippen LogP contribution in [0.4, 0.5) is 0 Å². The molecule has 0 radical (unpaired) electrons. The molecule has 12 heteroatoms.